The largest absolute Gasteiger partial charge is 0.493 e. The van der Waals surface area contributed by atoms with Gasteiger partial charge in [0.2, 0.25) is 6.29 Å². The summed E-state index contributed by atoms with van der Waals surface area (Å²) in [6.07, 6.45) is 1.94. The van der Waals surface area contributed by atoms with Gasteiger partial charge in [0, 0.05) is 18.0 Å². The van der Waals surface area contributed by atoms with Crippen molar-refractivity contribution in [2.45, 2.75) is 68.9 Å². The molecule has 10 heteroatoms. The van der Waals surface area contributed by atoms with Crippen molar-refractivity contribution >= 4 is 12.0 Å². The molecule has 1 aromatic rings. The Morgan fingerprint density at radius 2 is 1.89 bits per heavy atom. The molecule has 0 aromatic heterocycles. The molecule has 10 nitrogen and oxygen atoms in total. The molecule has 36 heavy (non-hydrogen) atoms. The van der Waals surface area contributed by atoms with Crippen LogP contribution in [0.3, 0.4) is 0 Å². The van der Waals surface area contributed by atoms with E-state index in [4.69, 9.17) is 18.9 Å². The third kappa shape index (κ3) is 6.19. The van der Waals surface area contributed by atoms with E-state index in [1.54, 1.807) is 24.3 Å². The van der Waals surface area contributed by atoms with Crippen LogP contribution in [0.15, 0.2) is 24.3 Å². The van der Waals surface area contributed by atoms with Crippen LogP contribution in [0.4, 0.5) is 0 Å². The Morgan fingerprint density at radius 3 is 2.67 bits per heavy atom. The fourth-order valence-corrected chi connectivity index (χ4v) is 5.35. The van der Waals surface area contributed by atoms with Gasteiger partial charge in [0.05, 0.1) is 20.3 Å². The Balaban J connectivity index is 1.33. The third-order valence-electron chi connectivity index (χ3n) is 7.36. The van der Waals surface area contributed by atoms with Crippen LogP contribution in [0, 0.1) is 5.92 Å². The topological polar surface area (TPSA) is 138 Å². The Labute approximate surface area is 211 Å². The maximum atomic E-state index is 12.4. The van der Waals surface area contributed by atoms with Crippen LogP contribution in [0.1, 0.15) is 37.7 Å². The normalized spacial score (nSPS) is 33.2. The number of hydrogen-bond donors (Lipinski definition) is 4. The average Bonchev–Trinajstić information content (AvgIpc) is 2.91. The van der Waals surface area contributed by atoms with Crippen molar-refractivity contribution in [1.82, 2.24) is 4.90 Å². The summed E-state index contributed by atoms with van der Waals surface area (Å²) in [5.74, 6) is 0.511. The Kier molecular flexibility index (Phi) is 9.21. The minimum absolute atomic E-state index is 0.218. The van der Waals surface area contributed by atoms with Crippen LogP contribution in [-0.4, -0.2) is 101 Å². The number of ether oxygens (including phenoxy) is 4. The van der Waals surface area contributed by atoms with Crippen molar-refractivity contribution in [2.75, 3.05) is 33.4 Å². The standard InChI is InChI=1S/C26H37NO9/c1-33-20-13-16(7-9-19(20)35-26-25(32)24(31)23(30)21(14-28)36-26)8-10-22(29)34-15-17-5-4-12-27-11-3-2-6-18(17)27/h7-10,13,17-18,21,23-26,28,30-32H,2-6,11-12,14-15H2,1H3/t17-,18+,21+,23+,24-,25+,26+/m0/s1. The molecule has 4 rings (SSSR count). The van der Waals surface area contributed by atoms with E-state index in [0.717, 1.165) is 25.9 Å². The zero-order chi connectivity index (χ0) is 25.7. The number of carbonyl (C=O) groups excluding carboxylic acids is 1. The summed E-state index contributed by atoms with van der Waals surface area (Å²) in [6.45, 7) is 2.17. The van der Waals surface area contributed by atoms with E-state index in [2.05, 4.69) is 4.90 Å². The van der Waals surface area contributed by atoms with Crippen molar-refractivity contribution in [3.8, 4) is 11.5 Å². The van der Waals surface area contributed by atoms with Crippen molar-refractivity contribution in [2.24, 2.45) is 5.92 Å². The monoisotopic (exact) mass is 507 g/mol. The molecule has 0 aliphatic carbocycles. The highest BCUT2D eigenvalue weighted by molar-refractivity contribution is 5.87. The van der Waals surface area contributed by atoms with E-state index in [1.807, 2.05) is 0 Å². The molecule has 3 aliphatic rings. The second-order valence-corrected chi connectivity index (χ2v) is 9.69. The molecular weight excluding hydrogens is 470 g/mol. The van der Waals surface area contributed by atoms with Crippen molar-refractivity contribution in [3.05, 3.63) is 29.8 Å². The first-order valence-electron chi connectivity index (χ1n) is 12.7. The van der Waals surface area contributed by atoms with Gasteiger partial charge in [0.15, 0.2) is 11.5 Å². The summed E-state index contributed by atoms with van der Waals surface area (Å²) < 4.78 is 22.0. The summed E-state index contributed by atoms with van der Waals surface area (Å²) in [4.78, 5) is 14.9. The van der Waals surface area contributed by atoms with Gasteiger partial charge in [-0.1, -0.05) is 12.5 Å². The van der Waals surface area contributed by atoms with Gasteiger partial charge in [-0.05, 0) is 62.5 Å². The van der Waals surface area contributed by atoms with E-state index in [0.29, 0.717) is 29.9 Å². The van der Waals surface area contributed by atoms with Crippen LogP contribution in [-0.2, 0) is 14.3 Å². The molecule has 0 bridgehead atoms. The maximum absolute atomic E-state index is 12.4. The number of nitrogens with zero attached hydrogens (tertiary/aromatic N) is 1. The number of aliphatic hydroxyl groups excluding tert-OH is 4. The first-order valence-corrected chi connectivity index (χ1v) is 12.7. The quantitative estimate of drug-likeness (QED) is 0.294. The molecule has 200 valence electrons. The third-order valence-corrected chi connectivity index (χ3v) is 7.36. The lowest BCUT2D eigenvalue weighted by Crippen LogP contribution is -2.60. The van der Waals surface area contributed by atoms with Crippen LogP contribution in [0.25, 0.3) is 6.08 Å². The summed E-state index contributed by atoms with van der Waals surface area (Å²) >= 11 is 0. The van der Waals surface area contributed by atoms with Gasteiger partial charge < -0.3 is 39.4 Å². The molecule has 0 radical (unpaired) electrons. The van der Waals surface area contributed by atoms with Gasteiger partial charge in [0.1, 0.15) is 24.4 Å². The number of aliphatic hydroxyl groups is 4. The number of esters is 1. The van der Waals surface area contributed by atoms with E-state index < -0.39 is 43.3 Å². The maximum Gasteiger partial charge on any atom is 0.330 e. The minimum atomic E-state index is -1.55. The predicted octanol–water partition coefficient (Wildman–Crippen LogP) is 0.695. The van der Waals surface area contributed by atoms with Crippen molar-refractivity contribution in [3.63, 3.8) is 0 Å². The van der Waals surface area contributed by atoms with E-state index in [1.165, 1.54) is 32.4 Å². The Hall–Kier alpha value is -2.21. The highest BCUT2D eigenvalue weighted by atomic mass is 16.7. The smallest absolute Gasteiger partial charge is 0.330 e. The fourth-order valence-electron chi connectivity index (χ4n) is 5.35. The van der Waals surface area contributed by atoms with E-state index >= 15 is 0 Å². The van der Waals surface area contributed by atoms with Gasteiger partial charge in [-0.15, -0.1) is 0 Å². The highest BCUT2D eigenvalue weighted by Gasteiger charge is 2.45. The molecule has 4 N–H and O–H groups in total. The second-order valence-electron chi connectivity index (χ2n) is 9.69. The van der Waals surface area contributed by atoms with Gasteiger partial charge >= 0.3 is 5.97 Å². The summed E-state index contributed by atoms with van der Waals surface area (Å²) in [5.41, 5.74) is 0.668. The SMILES string of the molecule is COc1cc(C=CC(=O)OC[C@@H]2CCCN3CCCC[C@H]23)ccc1O[C@@H]1O[C@H](CO)[C@@H](O)[C@H](O)[C@H]1O. The molecule has 3 heterocycles. The number of rotatable bonds is 8. The van der Waals surface area contributed by atoms with Crippen LogP contribution in [0.5, 0.6) is 11.5 Å². The molecule has 0 saturated carbocycles. The molecule has 0 unspecified atom stereocenters. The van der Waals surface area contributed by atoms with E-state index in [-0.39, 0.29) is 5.75 Å². The van der Waals surface area contributed by atoms with Crippen LogP contribution >= 0.6 is 0 Å². The lowest BCUT2D eigenvalue weighted by atomic mass is 9.84. The van der Waals surface area contributed by atoms with Crippen molar-refractivity contribution in [1.29, 1.82) is 0 Å². The molecule has 3 saturated heterocycles. The van der Waals surface area contributed by atoms with Gasteiger partial charge in [0.25, 0.3) is 0 Å². The number of benzene rings is 1. The van der Waals surface area contributed by atoms with Gasteiger partial charge in [-0.2, -0.15) is 0 Å². The lowest BCUT2D eigenvalue weighted by Gasteiger charge is -2.44. The van der Waals surface area contributed by atoms with Gasteiger partial charge in [-0.25, -0.2) is 4.79 Å². The number of fused-ring (bicyclic) bond motifs is 1. The Bertz CT molecular complexity index is 905. The summed E-state index contributed by atoms with van der Waals surface area (Å²) in [5, 5.41) is 39.4. The average molecular weight is 508 g/mol. The molecule has 0 spiro atoms. The van der Waals surface area contributed by atoms with Gasteiger partial charge in [-0.3, -0.25) is 4.90 Å². The number of methoxy groups -OCH3 is 1. The number of piperidine rings is 2. The second kappa shape index (κ2) is 12.4. The first-order chi connectivity index (χ1) is 17.4. The molecular formula is C26H37NO9. The lowest BCUT2D eigenvalue weighted by molar-refractivity contribution is -0.277. The molecule has 1 aromatic carbocycles. The minimum Gasteiger partial charge on any atom is -0.493 e. The van der Waals surface area contributed by atoms with Crippen molar-refractivity contribution < 1.29 is 44.2 Å². The predicted molar refractivity (Wildman–Crippen MR) is 129 cm³/mol. The first kappa shape index (κ1) is 26.8. The number of hydrogen-bond acceptors (Lipinski definition) is 10. The zero-order valence-electron chi connectivity index (χ0n) is 20.6. The number of carbonyl (C=O) groups is 1. The van der Waals surface area contributed by atoms with E-state index in [9.17, 15) is 25.2 Å². The molecule has 3 fully saturated rings. The summed E-state index contributed by atoms with van der Waals surface area (Å²) in [6, 6.07) is 5.42. The molecule has 7 atom stereocenters. The zero-order valence-corrected chi connectivity index (χ0v) is 20.6. The highest BCUT2D eigenvalue weighted by Crippen LogP contribution is 2.33. The Morgan fingerprint density at radius 1 is 1.08 bits per heavy atom. The van der Waals surface area contributed by atoms with Crippen LogP contribution < -0.4 is 9.47 Å². The van der Waals surface area contributed by atoms with Crippen LogP contribution in [0.2, 0.25) is 0 Å². The fraction of sp³-hybridized carbons (Fsp3) is 0.654. The molecule has 3 aliphatic heterocycles. The molecule has 0 amide bonds. The summed E-state index contributed by atoms with van der Waals surface area (Å²) in [7, 11) is 1.44.